The zero-order valence-corrected chi connectivity index (χ0v) is 13.8. The molecule has 0 heterocycles. The van der Waals surface area contributed by atoms with E-state index >= 15 is 0 Å². The van der Waals surface area contributed by atoms with Crippen molar-refractivity contribution < 1.29 is 9.53 Å². The Labute approximate surface area is 128 Å². The van der Waals surface area contributed by atoms with Crippen molar-refractivity contribution in [3.05, 3.63) is 33.3 Å². The van der Waals surface area contributed by atoms with E-state index in [2.05, 4.69) is 37.2 Å². The van der Waals surface area contributed by atoms with Crippen LogP contribution in [0.2, 0.25) is 5.02 Å². The molecule has 1 aromatic carbocycles. The van der Waals surface area contributed by atoms with E-state index in [4.69, 9.17) is 16.3 Å². The molecule has 0 aliphatic heterocycles. The SMILES string of the molecule is COCC(CCBr)NC(=O)c1ccc(Br)c(Cl)c1. The molecule has 0 bridgehead atoms. The van der Waals surface area contributed by atoms with Crippen LogP contribution in [0, 0.1) is 0 Å². The van der Waals surface area contributed by atoms with Crippen molar-refractivity contribution in [1.29, 1.82) is 0 Å². The summed E-state index contributed by atoms with van der Waals surface area (Å²) in [6, 6.07) is 5.11. The van der Waals surface area contributed by atoms with Gasteiger partial charge in [-0.1, -0.05) is 27.5 Å². The Morgan fingerprint density at radius 1 is 1.56 bits per heavy atom. The van der Waals surface area contributed by atoms with Gasteiger partial charge in [0.1, 0.15) is 0 Å². The number of hydrogen-bond donors (Lipinski definition) is 1. The predicted molar refractivity (Wildman–Crippen MR) is 80.7 cm³/mol. The molecule has 0 aromatic heterocycles. The van der Waals surface area contributed by atoms with Crippen LogP contribution in [0.1, 0.15) is 16.8 Å². The lowest BCUT2D eigenvalue weighted by atomic mass is 10.2. The Bertz CT molecular complexity index is 409. The van der Waals surface area contributed by atoms with Crippen molar-refractivity contribution in [2.24, 2.45) is 0 Å². The highest BCUT2D eigenvalue weighted by Crippen LogP contribution is 2.23. The summed E-state index contributed by atoms with van der Waals surface area (Å²) in [6.07, 6.45) is 0.809. The number of nitrogens with one attached hydrogen (secondary N) is 1. The summed E-state index contributed by atoms with van der Waals surface area (Å²) in [5.41, 5.74) is 0.541. The van der Waals surface area contributed by atoms with Crippen molar-refractivity contribution in [2.75, 3.05) is 19.0 Å². The van der Waals surface area contributed by atoms with Crippen molar-refractivity contribution in [3.8, 4) is 0 Å². The maximum Gasteiger partial charge on any atom is 0.251 e. The molecule has 100 valence electrons. The monoisotopic (exact) mass is 397 g/mol. The first kappa shape index (κ1) is 16.0. The highest BCUT2D eigenvalue weighted by Gasteiger charge is 2.14. The van der Waals surface area contributed by atoms with Crippen LogP contribution >= 0.6 is 43.5 Å². The minimum absolute atomic E-state index is 0.00991. The maximum absolute atomic E-state index is 12.0. The molecule has 1 unspecified atom stereocenters. The Balaban J connectivity index is 2.70. The van der Waals surface area contributed by atoms with Crippen molar-refractivity contribution in [2.45, 2.75) is 12.5 Å². The van der Waals surface area contributed by atoms with E-state index in [1.165, 1.54) is 0 Å². The molecule has 1 amide bonds. The molecule has 0 saturated heterocycles. The van der Waals surface area contributed by atoms with Crippen molar-refractivity contribution >= 4 is 49.4 Å². The molecule has 18 heavy (non-hydrogen) atoms. The number of hydrogen-bond acceptors (Lipinski definition) is 2. The van der Waals surface area contributed by atoms with Gasteiger partial charge in [-0.15, -0.1) is 0 Å². The molecule has 0 saturated carbocycles. The first-order chi connectivity index (χ1) is 8.58. The number of carbonyl (C=O) groups is 1. The van der Waals surface area contributed by atoms with Gasteiger partial charge in [-0.05, 0) is 40.5 Å². The molecule has 1 aromatic rings. The van der Waals surface area contributed by atoms with Crippen LogP contribution in [0.15, 0.2) is 22.7 Å². The second-order valence-electron chi connectivity index (χ2n) is 3.73. The highest BCUT2D eigenvalue weighted by molar-refractivity contribution is 9.10. The maximum atomic E-state index is 12.0. The van der Waals surface area contributed by atoms with Crippen LogP contribution in [-0.2, 0) is 4.74 Å². The van der Waals surface area contributed by atoms with Crippen LogP contribution in [0.3, 0.4) is 0 Å². The number of rotatable bonds is 6. The van der Waals surface area contributed by atoms with Gasteiger partial charge in [0, 0.05) is 22.5 Å². The predicted octanol–water partition coefficient (Wildman–Crippen LogP) is 3.63. The Morgan fingerprint density at radius 2 is 2.28 bits per heavy atom. The number of halogens is 3. The summed E-state index contributed by atoms with van der Waals surface area (Å²) < 4.78 is 5.84. The number of ether oxygens (including phenoxy) is 1. The van der Waals surface area contributed by atoms with Gasteiger partial charge in [0.2, 0.25) is 0 Å². The number of carbonyl (C=O) groups excluding carboxylic acids is 1. The fraction of sp³-hybridized carbons (Fsp3) is 0.417. The molecule has 3 nitrogen and oxygen atoms in total. The third kappa shape index (κ3) is 4.88. The van der Waals surface area contributed by atoms with E-state index in [9.17, 15) is 4.79 Å². The van der Waals surface area contributed by atoms with Crippen LogP contribution in [0.25, 0.3) is 0 Å². The summed E-state index contributed by atoms with van der Waals surface area (Å²) in [4.78, 5) is 12.0. The zero-order chi connectivity index (χ0) is 13.5. The summed E-state index contributed by atoms with van der Waals surface area (Å²) >= 11 is 12.6. The number of benzene rings is 1. The molecule has 0 aliphatic carbocycles. The van der Waals surface area contributed by atoms with Crippen LogP contribution < -0.4 is 5.32 Å². The van der Waals surface area contributed by atoms with E-state index in [1.807, 2.05) is 0 Å². The van der Waals surface area contributed by atoms with Gasteiger partial charge in [0.25, 0.3) is 5.91 Å². The van der Waals surface area contributed by atoms with Crippen molar-refractivity contribution in [1.82, 2.24) is 5.32 Å². The summed E-state index contributed by atoms with van der Waals surface area (Å²) in [6.45, 7) is 0.488. The van der Waals surface area contributed by atoms with Crippen LogP contribution in [-0.4, -0.2) is 31.0 Å². The molecule has 1 N–H and O–H groups in total. The molecule has 1 atom stereocenters. The van der Waals surface area contributed by atoms with Gasteiger partial charge in [-0.25, -0.2) is 0 Å². The van der Waals surface area contributed by atoms with E-state index in [1.54, 1.807) is 25.3 Å². The van der Waals surface area contributed by atoms with E-state index in [0.717, 1.165) is 16.2 Å². The molecule has 0 radical (unpaired) electrons. The molecule has 0 fully saturated rings. The van der Waals surface area contributed by atoms with E-state index < -0.39 is 0 Å². The molecule has 0 spiro atoms. The van der Waals surface area contributed by atoms with Gasteiger partial charge in [-0.3, -0.25) is 4.79 Å². The first-order valence-corrected chi connectivity index (χ1v) is 7.68. The number of methoxy groups -OCH3 is 1. The smallest absolute Gasteiger partial charge is 0.251 e. The second-order valence-corrected chi connectivity index (χ2v) is 5.79. The van der Waals surface area contributed by atoms with Gasteiger partial charge < -0.3 is 10.1 Å². The standard InChI is InChI=1S/C12H14Br2ClNO2/c1-18-7-9(4-5-13)16-12(17)8-2-3-10(14)11(15)6-8/h2-3,6,9H,4-5,7H2,1H3,(H,16,17). The fourth-order valence-electron chi connectivity index (χ4n) is 1.44. The summed E-state index contributed by atoms with van der Waals surface area (Å²) in [7, 11) is 1.61. The first-order valence-electron chi connectivity index (χ1n) is 5.39. The third-order valence-corrected chi connectivity index (χ3v) is 4.03. The fourth-order valence-corrected chi connectivity index (χ4v) is 2.42. The topological polar surface area (TPSA) is 38.3 Å². The largest absolute Gasteiger partial charge is 0.383 e. The second kappa shape index (κ2) is 8.15. The third-order valence-electron chi connectivity index (χ3n) is 2.34. The zero-order valence-electron chi connectivity index (χ0n) is 9.88. The molecular formula is C12H14Br2ClNO2. The number of amides is 1. The van der Waals surface area contributed by atoms with Gasteiger partial charge in [-0.2, -0.15) is 0 Å². The van der Waals surface area contributed by atoms with Crippen LogP contribution in [0.5, 0.6) is 0 Å². The van der Waals surface area contributed by atoms with Crippen LogP contribution in [0.4, 0.5) is 0 Å². The van der Waals surface area contributed by atoms with Crippen molar-refractivity contribution in [3.63, 3.8) is 0 Å². The Kier molecular flexibility index (Phi) is 7.22. The molecule has 1 rings (SSSR count). The Morgan fingerprint density at radius 3 is 2.83 bits per heavy atom. The quantitative estimate of drug-likeness (QED) is 0.742. The minimum atomic E-state index is -0.146. The average molecular weight is 400 g/mol. The Hall–Kier alpha value is -0.100. The lowest BCUT2D eigenvalue weighted by Crippen LogP contribution is -2.38. The highest BCUT2D eigenvalue weighted by atomic mass is 79.9. The van der Waals surface area contributed by atoms with Gasteiger partial charge in [0.15, 0.2) is 0 Å². The molecule has 0 aliphatic rings. The van der Waals surface area contributed by atoms with Gasteiger partial charge in [0.05, 0.1) is 17.7 Å². The molecular weight excluding hydrogens is 385 g/mol. The van der Waals surface area contributed by atoms with E-state index in [-0.39, 0.29) is 11.9 Å². The lowest BCUT2D eigenvalue weighted by Gasteiger charge is -2.17. The normalized spacial score (nSPS) is 12.2. The number of alkyl halides is 1. The molecule has 6 heteroatoms. The summed E-state index contributed by atoms with van der Waals surface area (Å²) in [5.74, 6) is -0.146. The average Bonchev–Trinajstić information content (AvgIpc) is 2.33. The van der Waals surface area contributed by atoms with E-state index in [0.29, 0.717) is 17.2 Å². The van der Waals surface area contributed by atoms with Gasteiger partial charge >= 0.3 is 0 Å². The lowest BCUT2D eigenvalue weighted by molar-refractivity contribution is 0.0895. The minimum Gasteiger partial charge on any atom is -0.383 e. The summed E-state index contributed by atoms with van der Waals surface area (Å²) in [5, 5.41) is 4.24.